The fraction of sp³-hybridized carbons (Fsp3) is 1.00. The maximum absolute atomic E-state index is 11.2. The minimum absolute atomic E-state index is 0.0731. The van der Waals surface area contributed by atoms with Crippen LogP contribution in [0.3, 0.4) is 0 Å². The molecule has 0 unspecified atom stereocenters. The van der Waals surface area contributed by atoms with Gasteiger partial charge < -0.3 is 5.32 Å². The topological polar surface area (TPSA) is 70.2 Å². The van der Waals surface area contributed by atoms with Gasteiger partial charge in [-0.3, -0.25) is 0 Å². The summed E-state index contributed by atoms with van der Waals surface area (Å²) >= 11 is 0. The van der Waals surface area contributed by atoms with Gasteiger partial charge in [-0.25, -0.2) is 4.72 Å². The maximum Gasteiger partial charge on any atom is 0.277 e. The van der Waals surface area contributed by atoms with Crippen molar-refractivity contribution in [1.82, 2.24) is 14.8 Å². The second kappa shape index (κ2) is 7.17. The van der Waals surface area contributed by atoms with E-state index in [1.54, 1.807) is 13.8 Å². The molecule has 14 heavy (non-hydrogen) atoms. The van der Waals surface area contributed by atoms with E-state index in [0.29, 0.717) is 13.1 Å². The molecular weight excluding hydrogens is 202 g/mol. The van der Waals surface area contributed by atoms with Crippen molar-refractivity contribution in [1.29, 1.82) is 0 Å². The van der Waals surface area contributed by atoms with Crippen LogP contribution in [0.1, 0.15) is 27.2 Å². The Morgan fingerprint density at radius 3 is 2.29 bits per heavy atom. The summed E-state index contributed by atoms with van der Waals surface area (Å²) in [7, 11) is -3.31. The molecule has 0 saturated carbocycles. The van der Waals surface area contributed by atoms with Crippen molar-refractivity contribution in [3.8, 4) is 0 Å². The molecule has 0 saturated heterocycles. The molecule has 86 valence electrons. The van der Waals surface area contributed by atoms with Crippen LogP contribution in [-0.2, 0) is 10.2 Å². The summed E-state index contributed by atoms with van der Waals surface area (Å²) in [5, 5.41) is 3.11. The predicted octanol–water partition coefficient (Wildman–Crippen LogP) is -0.182. The Balaban J connectivity index is 3.56. The molecule has 0 aromatic rings. The van der Waals surface area contributed by atoms with Gasteiger partial charge in [0.25, 0.3) is 10.2 Å². The van der Waals surface area contributed by atoms with Gasteiger partial charge in [0.2, 0.25) is 0 Å². The van der Waals surface area contributed by atoms with Crippen LogP contribution in [0.25, 0.3) is 0 Å². The molecule has 0 spiro atoms. The largest absolute Gasteiger partial charge is 0.315 e. The molecule has 0 heterocycles. The van der Waals surface area contributed by atoms with E-state index >= 15 is 0 Å². The first-order chi connectivity index (χ1) is 6.48. The lowest BCUT2D eigenvalue weighted by atomic mass is 10.4. The van der Waals surface area contributed by atoms with Gasteiger partial charge in [0.05, 0.1) is 0 Å². The number of hydrogen-bond acceptors (Lipinski definition) is 3. The fourth-order valence-electron chi connectivity index (χ4n) is 0.928. The molecule has 0 rings (SSSR count). The first-order valence-electron chi connectivity index (χ1n) is 4.95. The van der Waals surface area contributed by atoms with Gasteiger partial charge in [-0.2, -0.15) is 13.1 Å². The van der Waals surface area contributed by atoms with E-state index in [-0.39, 0.29) is 6.04 Å². The highest BCUT2D eigenvalue weighted by Crippen LogP contribution is 1.82. The Bertz CT molecular complexity index is 227. The molecule has 5 nitrogen and oxygen atoms in total. The standard InChI is InChI=1S/C8H21N3O2S/c1-4-5-9-6-7-10-14(12,13)11-8(2)3/h8-11H,4-7H2,1-3H3. The van der Waals surface area contributed by atoms with E-state index in [2.05, 4.69) is 21.7 Å². The first kappa shape index (κ1) is 13.8. The van der Waals surface area contributed by atoms with Crippen LogP contribution in [-0.4, -0.2) is 34.1 Å². The molecule has 3 N–H and O–H groups in total. The molecule has 0 aliphatic carbocycles. The van der Waals surface area contributed by atoms with E-state index in [1.807, 2.05) is 0 Å². The van der Waals surface area contributed by atoms with Gasteiger partial charge in [-0.15, -0.1) is 0 Å². The minimum Gasteiger partial charge on any atom is -0.315 e. The van der Waals surface area contributed by atoms with Crippen LogP contribution in [0, 0.1) is 0 Å². The number of rotatable bonds is 8. The summed E-state index contributed by atoms with van der Waals surface area (Å²) in [4.78, 5) is 0. The highest BCUT2D eigenvalue weighted by atomic mass is 32.2. The average molecular weight is 223 g/mol. The zero-order chi connectivity index (χ0) is 11.0. The lowest BCUT2D eigenvalue weighted by Crippen LogP contribution is -2.42. The van der Waals surface area contributed by atoms with Gasteiger partial charge in [-0.1, -0.05) is 6.92 Å². The lowest BCUT2D eigenvalue weighted by molar-refractivity contribution is 0.550. The Labute approximate surface area is 86.8 Å². The average Bonchev–Trinajstić information content (AvgIpc) is 2.01. The molecule has 0 amide bonds. The quantitative estimate of drug-likeness (QED) is 0.500. The van der Waals surface area contributed by atoms with E-state index in [4.69, 9.17) is 0 Å². The first-order valence-corrected chi connectivity index (χ1v) is 6.44. The Hall–Kier alpha value is -0.170. The Morgan fingerprint density at radius 1 is 1.14 bits per heavy atom. The van der Waals surface area contributed by atoms with Crippen LogP contribution in [0.4, 0.5) is 0 Å². The summed E-state index contributed by atoms with van der Waals surface area (Å²) in [6.45, 7) is 7.63. The van der Waals surface area contributed by atoms with Gasteiger partial charge in [0, 0.05) is 19.1 Å². The fourth-order valence-corrected chi connectivity index (χ4v) is 2.00. The van der Waals surface area contributed by atoms with Crippen LogP contribution < -0.4 is 14.8 Å². The summed E-state index contributed by atoms with van der Waals surface area (Å²) in [6.07, 6.45) is 1.05. The molecule has 0 radical (unpaired) electrons. The smallest absolute Gasteiger partial charge is 0.277 e. The van der Waals surface area contributed by atoms with Crippen molar-refractivity contribution >= 4 is 10.2 Å². The van der Waals surface area contributed by atoms with Gasteiger partial charge >= 0.3 is 0 Å². The zero-order valence-electron chi connectivity index (χ0n) is 9.13. The highest BCUT2D eigenvalue weighted by Gasteiger charge is 2.09. The van der Waals surface area contributed by atoms with Gasteiger partial charge in [0.1, 0.15) is 0 Å². The summed E-state index contributed by atoms with van der Waals surface area (Å²) in [5.74, 6) is 0. The van der Waals surface area contributed by atoms with E-state index in [1.165, 1.54) is 0 Å². The van der Waals surface area contributed by atoms with Crippen LogP contribution >= 0.6 is 0 Å². The van der Waals surface area contributed by atoms with Crippen molar-refractivity contribution < 1.29 is 8.42 Å². The number of nitrogens with one attached hydrogen (secondary N) is 3. The van der Waals surface area contributed by atoms with E-state index < -0.39 is 10.2 Å². The second-order valence-electron chi connectivity index (χ2n) is 3.42. The Morgan fingerprint density at radius 2 is 1.79 bits per heavy atom. The second-order valence-corrected chi connectivity index (χ2v) is 4.95. The molecular formula is C8H21N3O2S. The van der Waals surface area contributed by atoms with Crippen molar-refractivity contribution in [2.45, 2.75) is 33.2 Å². The third-order valence-electron chi connectivity index (χ3n) is 1.41. The normalized spacial score (nSPS) is 12.3. The van der Waals surface area contributed by atoms with Gasteiger partial charge in [0.15, 0.2) is 0 Å². The number of hydrogen-bond donors (Lipinski definition) is 3. The molecule has 0 aliphatic rings. The van der Waals surface area contributed by atoms with E-state index in [9.17, 15) is 8.42 Å². The predicted molar refractivity (Wildman–Crippen MR) is 58.4 cm³/mol. The molecule has 0 fully saturated rings. The van der Waals surface area contributed by atoms with Crippen molar-refractivity contribution in [2.24, 2.45) is 0 Å². The van der Waals surface area contributed by atoms with Crippen molar-refractivity contribution in [3.05, 3.63) is 0 Å². The summed E-state index contributed by atoms with van der Waals surface area (Å²) in [5.41, 5.74) is 0. The monoisotopic (exact) mass is 223 g/mol. The Kier molecular flexibility index (Phi) is 7.08. The van der Waals surface area contributed by atoms with Crippen molar-refractivity contribution in [2.75, 3.05) is 19.6 Å². The molecule has 0 aromatic carbocycles. The molecule has 6 heteroatoms. The van der Waals surface area contributed by atoms with Crippen molar-refractivity contribution in [3.63, 3.8) is 0 Å². The summed E-state index contributed by atoms with van der Waals surface area (Å²) in [6, 6.07) is -0.0731. The molecule has 0 bridgehead atoms. The SMILES string of the molecule is CCCNCCNS(=O)(=O)NC(C)C. The highest BCUT2D eigenvalue weighted by molar-refractivity contribution is 7.87. The van der Waals surface area contributed by atoms with E-state index in [0.717, 1.165) is 13.0 Å². The van der Waals surface area contributed by atoms with Crippen LogP contribution in [0.2, 0.25) is 0 Å². The third-order valence-corrected chi connectivity index (χ3v) is 2.78. The third kappa shape index (κ3) is 8.43. The molecule has 0 aromatic heterocycles. The lowest BCUT2D eigenvalue weighted by Gasteiger charge is -2.10. The van der Waals surface area contributed by atoms with Crippen LogP contribution in [0.15, 0.2) is 0 Å². The summed E-state index contributed by atoms with van der Waals surface area (Å²) < 4.78 is 27.3. The maximum atomic E-state index is 11.2. The van der Waals surface area contributed by atoms with Gasteiger partial charge in [-0.05, 0) is 26.8 Å². The minimum atomic E-state index is -3.31. The molecule has 0 atom stereocenters. The molecule has 0 aliphatic heterocycles. The van der Waals surface area contributed by atoms with Crippen LogP contribution in [0.5, 0.6) is 0 Å². The zero-order valence-corrected chi connectivity index (χ0v) is 9.95.